The first-order valence-electron chi connectivity index (χ1n) is 11.3. The Morgan fingerprint density at radius 3 is 2.36 bits per heavy atom. The van der Waals surface area contributed by atoms with Gasteiger partial charge in [0.2, 0.25) is 11.7 Å². The first-order chi connectivity index (χ1) is 17.2. The number of ketones is 1. The monoisotopic (exact) mass is 513 g/mol. The quantitative estimate of drug-likeness (QED) is 0.469. The zero-order chi connectivity index (χ0) is 25.8. The van der Waals surface area contributed by atoms with Gasteiger partial charge in [-0.15, -0.1) is 0 Å². The number of nitrogen functional groups attached to an aromatic ring is 1. The normalized spacial score (nSPS) is 13.9. The Morgan fingerprint density at radius 1 is 1.08 bits per heavy atom. The first-order valence-corrected chi connectivity index (χ1v) is 12.2. The second kappa shape index (κ2) is 10.8. The number of carbonyl (C=O) groups is 3. The number of likely N-dealkylation sites (tertiary alicyclic amines) is 1. The number of piperidine rings is 1. The van der Waals surface area contributed by atoms with Crippen molar-refractivity contribution in [2.75, 3.05) is 37.7 Å². The molecule has 2 aromatic carbocycles. The van der Waals surface area contributed by atoms with Crippen LogP contribution in [0, 0.1) is 11.6 Å². The molecule has 3 aromatic rings. The Labute approximate surface area is 210 Å². The summed E-state index contributed by atoms with van der Waals surface area (Å²) in [4.78, 5) is 45.1. The first kappa shape index (κ1) is 25.2. The maximum atomic E-state index is 14.0. The van der Waals surface area contributed by atoms with Crippen molar-refractivity contribution in [3.63, 3.8) is 0 Å². The van der Waals surface area contributed by atoms with Crippen molar-refractivity contribution < 1.29 is 23.2 Å². The smallest absolute Gasteiger partial charge is 0.254 e. The predicted molar refractivity (Wildman–Crippen MR) is 133 cm³/mol. The molecule has 0 saturated carbocycles. The summed E-state index contributed by atoms with van der Waals surface area (Å²) in [5.74, 6) is -3.25. The fraction of sp³-hybridized carbons (Fsp3) is 0.280. The third kappa shape index (κ3) is 5.51. The molecular weight excluding hydrogens is 488 g/mol. The number of rotatable bonds is 7. The molecule has 36 heavy (non-hydrogen) atoms. The number of anilines is 2. The van der Waals surface area contributed by atoms with Gasteiger partial charge < -0.3 is 20.9 Å². The summed E-state index contributed by atoms with van der Waals surface area (Å²) in [6, 6.07) is 11.9. The van der Waals surface area contributed by atoms with Gasteiger partial charge in [0.1, 0.15) is 22.3 Å². The summed E-state index contributed by atoms with van der Waals surface area (Å²) in [5, 5.41) is 3.57. The minimum atomic E-state index is -0.963. The van der Waals surface area contributed by atoms with Crippen molar-refractivity contribution in [3.8, 4) is 0 Å². The second-order valence-electron chi connectivity index (χ2n) is 8.49. The zero-order valence-corrected chi connectivity index (χ0v) is 20.4. The second-order valence-corrected chi connectivity index (χ2v) is 9.48. The van der Waals surface area contributed by atoms with Crippen LogP contribution < -0.4 is 11.1 Å². The van der Waals surface area contributed by atoms with E-state index in [1.165, 1.54) is 11.0 Å². The molecule has 0 spiro atoms. The van der Waals surface area contributed by atoms with Crippen molar-refractivity contribution >= 4 is 39.9 Å². The molecule has 2 heterocycles. The number of benzene rings is 2. The lowest BCUT2D eigenvalue weighted by atomic mass is 10.1. The Hall–Kier alpha value is -3.86. The molecule has 0 radical (unpaired) electrons. The molecule has 3 N–H and O–H groups in total. The topological polar surface area (TPSA) is 109 Å². The number of nitrogens with two attached hydrogens (primary N) is 1. The van der Waals surface area contributed by atoms with E-state index in [4.69, 9.17) is 5.73 Å². The Bertz CT molecular complexity index is 1260. The minimum absolute atomic E-state index is 0.0209. The lowest BCUT2D eigenvalue weighted by Crippen LogP contribution is -2.46. The molecule has 1 aliphatic rings. The van der Waals surface area contributed by atoms with Crippen LogP contribution in [0.1, 0.15) is 38.4 Å². The maximum Gasteiger partial charge on any atom is 0.254 e. The van der Waals surface area contributed by atoms with Crippen LogP contribution in [0.5, 0.6) is 0 Å². The third-order valence-electron chi connectivity index (χ3n) is 5.96. The third-order valence-corrected chi connectivity index (χ3v) is 6.97. The molecule has 1 saturated heterocycles. The van der Waals surface area contributed by atoms with Crippen molar-refractivity contribution in [1.29, 1.82) is 0 Å². The molecular formula is C25H25F2N5O3S. The number of hydrogen-bond donors (Lipinski definition) is 2. The average Bonchev–Trinajstić information content (AvgIpc) is 3.24. The number of aromatic nitrogens is 1. The number of nitrogens with zero attached hydrogens (tertiary/aromatic N) is 3. The van der Waals surface area contributed by atoms with Gasteiger partial charge in [-0.05, 0) is 37.1 Å². The number of thiazole rings is 1. The molecule has 1 aromatic heterocycles. The van der Waals surface area contributed by atoms with Crippen LogP contribution in [0.4, 0.5) is 19.7 Å². The van der Waals surface area contributed by atoms with Gasteiger partial charge in [0, 0.05) is 31.7 Å². The van der Waals surface area contributed by atoms with Crippen LogP contribution >= 0.6 is 11.3 Å². The number of likely N-dealkylation sites (N-methyl/N-ethyl adjacent to an activating group) is 1. The van der Waals surface area contributed by atoms with Crippen LogP contribution in [-0.4, -0.2) is 65.1 Å². The van der Waals surface area contributed by atoms with E-state index < -0.39 is 23.0 Å². The van der Waals surface area contributed by atoms with E-state index in [1.54, 1.807) is 36.2 Å². The highest BCUT2D eigenvalue weighted by Gasteiger charge is 2.27. The molecule has 2 amide bonds. The minimum Gasteiger partial charge on any atom is -0.382 e. The van der Waals surface area contributed by atoms with Gasteiger partial charge in [-0.3, -0.25) is 14.4 Å². The van der Waals surface area contributed by atoms with Gasteiger partial charge in [-0.2, -0.15) is 0 Å². The molecule has 4 rings (SSSR count). The molecule has 0 aliphatic carbocycles. The van der Waals surface area contributed by atoms with Gasteiger partial charge in [-0.1, -0.05) is 35.6 Å². The largest absolute Gasteiger partial charge is 0.382 e. The highest BCUT2D eigenvalue weighted by molar-refractivity contribution is 7.18. The van der Waals surface area contributed by atoms with Crippen LogP contribution in [0.2, 0.25) is 0 Å². The summed E-state index contributed by atoms with van der Waals surface area (Å²) in [6.07, 6.45) is 1.24. The lowest BCUT2D eigenvalue weighted by Gasteiger charge is -2.33. The van der Waals surface area contributed by atoms with Crippen LogP contribution in [-0.2, 0) is 4.79 Å². The number of halogens is 2. The van der Waals surface area contributed by atoms with Gasteiger partial charge in [-0.25, -0.2) is 13.8 Å². The van der Waals surface area contributed by atoms with Crippen molar-refractivity contribution in [2.24, 2.45) is 0 Å². The average molecular weight is 514 g/mol. The summed E-state index contributed by atoms with van der Waals surface area (Å²) in [6.45, 7) is 0.945. The summed E-state index contributed by atoms with van der Waals surface area (Å²) >= 11 is 0.935. The fourth-order valence-electron chi connectivity index (χ4n) is 4.01. The van der Waals surface area contributed by atoms with E-state index in [2.05, 4.69) is 10.3 Å². The van der Waals surface area contributed by atoms with E-state index in [-0.39, 0.29) is 35.1 Å². The highest BCUT2D eigenvalue weighted by Crippen LogP contribution is 2.30. The summed E-state index contributed by atoms with van der Waals surface area (Å²) in [5.41, 5.74) is 5.73. The standard InChI is InChI=1S/C25H25F2N5O3S/c1-31(24(35)15-6-3-2-4-7-15)14-19(33)32-12-10-16(11-13-32)29-25-30-23(28)22(36-25)21(34)20-17(26)8-5-9-18(20)27/h2-9,16H,10-14,28H2,1H3,(H,29,30). The fourth-order valence-corrected chi connectivity index (χ4v) is 4.92. The van der Waals surface area contributed by atoms with Crippen molar-refractivity contribution in [1.82, 2.24) is 14.8 Å². The van der Waals surface area contributed by atoms with Crippen LogP contribution in [0.15, 0.2) is 48.5 Å². The lowest BCUT2D eigenvalue weighted by molar-refractivity contribution is -0.132. The molecule has 0 atom stereocenters. The zero-order valence-electron chi connectivity index (χ0n) is 19.5. The number of carbonyl (C=O) groups excluding carboxylic acids is 3. The van der Waals surface area contributed by atoms with E-state index in [0.717, 1.165) is 23.5 Å². The number of nitrogens with one attached hydrogen (secondary N) is 1. The Balaban J connectivity index is 1.31. The SMILES string of the molecule is CN(CC(=O)N1CCC(Nc2nc(N)c(C(=O)c3c(F)cccc3F)s2)CC1)C(=O)c1ccccc1. The highest BCUT2D eigenvalue weighted by atomic mass is 32.1. The van der Waals surface area contributed by atoms with Gasteiger partial charge in [0.25, 0.3) is 5.91 Å². The molecule has 0 bridgehead atoms. The molecule has 8 nitrogen and oxygen atoms in total. The van der Waals surface area contributed by atoms with E-state index in [9.17, 15) is 23.2 Å². The number of hydrogen-bond acceptors (Lipinski definition) is 7. The molecule has 188 valence electrons. The van der Waals surface area contributed by atoms with Crippen molar-refractivity contribution in [2.45, 2.75) is 18.9 Å². The van der Waals surface area contributed by atoms with E-state index in [0.29, 0.717) is 36.6 Å². The predicted octanol–water partition coefficient (Wildman–Crippen LogP) is 3.41. The molecule has 1 aliphatic heterocycles. The summed E-state index contributed by atoms with van der Waals surface area (Å²) < 4.78 is 28.0. The van der Waals surface area contributed by atoms with Crippen LogP contribution in [0.25, 0.3) is 0 Å². The molecule has 1 fully saturated rings. The van der Waals surface area contributed by atoms with E-state index >= 15 is 0 Å². The molecule has 0 unspecified atom stereocenters. The molecule has 11 heteroatoms. The van der Waals surface area contributed by atoms with E-state index in [1.807, 2.05) is 6.07 Å². The maximum absolute atomic E-state index is 14.0. The number of amides is 2. The van der Waals surface area contributed by atoms with Crippen molar-refractivity contribution in [3.05, 3.63) is 76.2 Å². The Morgan fingerprint density at radius 2 is 1.72 bits per heavy atom. The van der Waals surface area contributed by atoms with Gasteiger partial charge in [0.05, 0.1) is 12.1 Å². The van der Waals surface area contributed by atoms with Gasteiger partial charge >= 0.3 is 0 Å². The Kier molecular flexibility index (Phi) is 7.58. The van der Waals surface area contributed by atoms with Crippen LogP contribution in [0.3, 0.4) is 0 Å². The summed E-state index contributed by atoms with van der Waals surface area (Å²) in [7, 11) is 1.60. The van der Waals surface area contributed by atoms with Gasteiger partial charge in [0.15, 0.2) is 5.13 Å².